The molecule has 0 aromatic heterocycles. The van der Waals surface area contributed by atoms with Gasteiger partial charge in [0, 0.05) is 15.4 Å². The zero-order valence-electron chi connectivity index (χ0n) is 14.4. The van der Waals surface area contributed by atoms with Crippen molar-refractivity contribution in [2.24, 2.45) is 5.92 Å². The number of ether oxygens (including phenoxy) is 2. The highest BCUT2D eigenvalue weighted by Crippen LogP contribution is 2.47. The van der Waals surface area contributed by atoms with Gasteiger partial charge in [-0.15, -0.1) is 0 Å². The van der Waals surface area contributed by atoms with E-state index in [9.17, 15) is 4.79 Å². The van der Waals surface area contributed by atoms with Gasteiger partial charge in [-0.1, -0.05) is 42.8 Å². The molecule has 2 atom stereocenters. The molecule has 2 aromatic carbocycles. The van der Waals surface area contributed by atoms with E-state index in [2.05, 4.69) is 17.4 Å². The monoisotopic (exact) mass is 367 g/mol. The Balaban J connectivity index is 1.45. The highest BCUT2D eigenvalue weighted by Gasteiger charge is 2.53. The molecule has 1 saturated carbocycles. The Bertz CT molecular complexity index is 836. The van der Waals surface area contributed by atoms with E-state index in [1.807, 2.05) is 36.4 Å². The summed E-state index contributed by atoms with van der Waals surface area (Å²) in [6.45, 7) is 0.556. The topological polar surface area (TPSA) is 47.6 Å². The van der Waals surface area contributed by atoms with Crippen LogP contribution in [0.5, 0.6) is 0 Å². The summed E-state index contributed by atoms with van der Waals surface area (Å²) in [5.74, 6) is -0.714. The summed E-state index contributed by atoms with van der Waals surface area (Å²) >= 11 is 1.67. The third-order valence-electron chi connectivity index (χ3n) is 5.24. The molecule has 134 valence electrons. The minimum absolute atomic E-state index is 0.0957. The number of rotatable bonds is 4. The van der Waals surface area contributed by atoms with Crippen LogP contribution in [0.1, 0.15) is 31.2 Å². The van der Waals surface area contributed by atoms with Crippen LogP contribution in [0.15, 0.2) is 58.3 Å². The molecule has 1 unspecified atom stereocenters. The van der Waals surface area contributed by atoms with Gasteiger partial charge in [0.1, 0.15) is 0 Å². The van der Waals surface area contributed by atoms with Crippen LogP contribution < -0.4 is 5.32 Å². The molecule has 2 aromatic rings. The number of hydrogen-bond donors (Lipinski definition) is 1. The van der Waals surface area contributed by atoms with E-state index >= 15 is 0 Å². The van der Waals surface area contributed by atoms with Crippen molar-refractivity contribution in [3.63, 3.8) is 0 Å². The fraction of sp³-hybridized carbons (Fsp3) is 0.381. The first-order valence-corrected chi connectivity index (χ1v) is 10.1. The standard InChI is InChI=1S/C21H21NO3S/c23-20-21(24-11-10-15(25-21)12-14-6-7-14)18-13-17(8-9-19(18)22-20)26-16-4-2-1-3-5-16/h1-5,8-9,13-15H,6-7,10-12H2,(H,22,23)/t15?,21-/m1/s1. The molecule has 26 heavy (non-hydrogen) atoms. The zero-order chi connectivity index (χ0) is 17.6. The fourth-order valence-electron chi connectivity index (χ4n) is 3.73. The summed E-state index contributed by atoms with van der Waals surface area (Å²) in [7, 11) is 0. The SMILES string of the molecule is O=C1Nc2ccc(Sc3ccccc3)cc2[C@]12OCCC(CC1CC1)O2. The summed E-state index contributed by atoms with van der Waals surface area (Å²) < 4.78 is 12.2. The van der Waals surface area contributed by atoms with Crippen LogP contribution in [0, 0.1) is 5.92 Å². The Kier molecular flexibility index (Phi) is 4.03. The molecule has 1 amide bonds. The van der Waals surface area contributed by atoms with Crippen LogP contribution >= 0.6 is 11.8 Å². The summed E-state index contributed by atoms with van der Waals surface area (Å²) in [4.78, 5) is 15.0. The predicted molar refractivity (Wildman–Crippen MR) is 100 cm³/mol. The van der Waals surface area contributed by atoms with E-state index in [4.69, 9.17) is 9.47 Å². The van der Waals surface area contributed by atoms with Gasteiger partial charge in [-0.05, 0) is 49.1 Å². The molecule has 3 aliphatic rings. The molecule has 1 N–H and O–H groups in total. The molecular weight excluding hydrogens is 346 g/mol. The molecule has 2 aliphatic heterocycles. The number of carbonyl (C=O) groups excluding carboxylic acids is 1. The molecule has 0 radical (unpaired) electrons. The average molecular weight is 367 g/mol. The van der Waals surface area contributed by atoms with Crippen LogP contribution in [-0.4, -0.2) is 18.6 Å². The van der Waals surface area contributed by atoms with Crippen LogP contribution in [0.3, 0.4) is 0 Å². The number of benzene rings is 2. The Morgan fingerprint density at radius 2 is 1.92 bits per heavy atom. The number of carbonyl (C=O) groups is 1. The summed E-state index contributed by atoms with van der Waals surface area (Å²) in [5, 5.41) is 2.94. The van der Waals surface area contributed by atoms with Gasteiger partial charge >= 0.3 is 0 Å². The third-order valence-corrected chi connectivity index (χ3v) is 6.24. The van der Waals surface area contributed by atoms with Gasteiger partial charge in [-0.2, -0.15) is 0 Å². The summed E-state index contributed by atoms with van der Waals surface area (Å²) in [6, 6.07) is 16.2. The van der Waals surface area contributed by atoms with Crippen LogP contribution in [0.2, 0.25) is 0 Å². The first-order valence-electron chi connectivity index (χ1n) is 9.23. The fourth-order valence-corrected chi connectivity index (χ4v) is 4.61. The molecule has 1 spiro atoms. The zero-order valence-corrected chi connectivity index (χ0v) is 15.3. The van der Waals surface area contributed by atoms with Gasteiger partial charge in [0.05, 0.1) is 18.4 Å². The number of nitrogens with one attached hydrogen (secondary N) is 1. The summed E-state index contributed by atoms with van der Waals surface area (Å²) in [6.07, 6.45) is 4.56. The van der Waals surface area contributed by atoms with E-state index in [0.717, 1.165) is 39.8 Å². The third kappa shape index (κ3) is 2.94. The van der Waals surface area contributed by atoms with Crippen molar-refractivity contribution in [2.75, 3.05) is 11.9 Å². The first-order chi connectivity index (χ1) is 12.7. The minimum Gasteiger partial charge on any atom is -0.338 e. The molecule has 5 heteroatoms. The van der Waals surface area contributed by atoms with Crippen LogP contribution in [0.4, 0.5) is 5.69 Å². The van der Waals surface area contributed by atoms with Crippen molar-refractivity contribution in [2.45, 2.75) is 47.4 Å². The van der Waals surface area contributed by atoms with Crippen molar-refractivity contribution in [3.05, 3.63) is 54.1 Å². The lowest BCUT2D eigenvalue weighted by Gasteiger charge is -2.37. The highest BCUT2D eigenvalue weighted by molar-refractivity contribution is 7.99. The lowest BCUT2D eigenvalue weighted by molar-refractivity contribution is -0.281. The normalized spacial score (nSPS) is 27.4. The highest BCUT2D eigenvalue weighted by atomic mass is 32.2. The van der Waals surface area contributed by atoms with Crippen molar-refractivity contribution < 1.29 is 14.3 Å². The van der Waals surface area contributed by atoms with Crippen molar-refractivity contribution in [1.82, 2.24) is 0 Å². The van der Waals surface area contributed by atoms with Crippen molar-refractivity contribution >= 4 is 23.4 Å². The molecule has 1 aliphatic carbocycles. The van der Waals surface area contributed by atoms with Gasteiger partial charge in [-0.3, -0.25) is 4.79 Å². The molecule has 2 fully saturated rings. The molecule has 2 heterocycles. The van der Waals surface area contributed by atoms with Gasteiger partial charge in [0.2, 0.25) is 0 Å². The van der Waals surface area contributed by atoms with Crippen molar-refractivity contribution in [3.8, 4) is 0 Å². The molecule has 1 saturated heterocycles. The van der Waals surface area contributed by atoms with Gasteiger partial charge in [0.15, 0.2) is 0 Å². The quantitative estimate of drug-likeness (QED) is 0.861. The van der Waals surface area contributed by atoms with E-state index in [-0.39, 0.29) is 12.0 Å². The minimum atomic E-state index is -1.28. The van der Waals surface area contributed by atoms with Gasteiger partial charge in [-0.25, -0.2) is 0 Å². The lowest BCUT2D eigenvalue weighted by Crippen LogP contribution is -2.47. The largest absolute Gasteiger partial charge is 0.338 e. The van der Waals surface area contributed by atoms with Gasteiger partial charge in [0.25, 0.3) is 11.7 Å². The maximum absolute atomic E-state index is 12.8. The second-order valence-electron chi connectivity index (χ2n) is 7.25. The van der Waals surface area contributed by atoms with Crippen LogP contribution in [0.25, 0.3) is 0 Å². The smallest absolute Gasteiger partial charge is 0.289 e. The van der Waals surface area contributed by atoms with E-state index < -0.39 is 5.79 Å². The van der Waals surface area contributed by atoms with E-state index in [0.29, 0.717) is 6.61 Å². The second kappa shape index (κ2) is 6.41. The predicted octanol–water partition coefficient (Wildman–Crippen LogP) is 4.55. The van der Waals surface area contributed by atoms with E-state index in [1.165, 1.54) is 12.8 Å². The lowest BCUT2D eigenvalue weighted by atomic mass is 10.0. The number of anilines is 1. The number of fused-ring (bicyclic) bond motifs is 2. The molecule has 5 rings (SSSR count). The Morgan fingerprint density at radius 3 is 2.73 bits per heavy atom. The van der Waals surface area contributed by atoms with E-state index in [1.54, 1.807) is 11.8 Å². The second-order valence-corrected chi connectivity index (χ2v) is 8.40. The maximum atomic E-state index is 12.8. The Labute approximate surface area is 157 Å². The number of hydrogen-bond acceptors (Lipinski definition) is 4. The molecular formula is C21H21NO3S. The maximum Gasteiger partial charge on any atom is 0.289 e. The number of amides is 1. The Morgan fingerprint density at radius 1 is 1.08 bits per heavy atom. The first kappa shape index (κ1) is 16.4. The average Bonchev–Trinajstić information content (AvgIpc) is 3.43. The Hall–Kier alpha value is -1.82. The van der Waals surface area contributed by atoms with Crippen LogP contribution in [-0.2, 0) is 20.1 Å². The molecule has 4 nitrogen and oxygen atoms in total. The van der Waals surface area contributed by atoms with Gasteiger partial charge < -0.3 is 14.8 Å². The summed E-state index contributed by atoms with van der Waals surface area (Å²) in [5.41, 5.74) is 1.60. The van der Waals surface area contributed by atoms with Crippen molar-refractivity contribution in [1.29, 1.82) is 0 Å². The molecule has 0 bridgehead atoms.